The van der Waals surface area contributed by atoms with Gasteiger partial charge in [-0.15, -0.1) is 0 Å². The molecule has 2 aliphatic heterocycles. The lowest BCUT2D eigenvalue weighted by Crippen LogP contribution is -2.36. The maximum atomic E-state index is 14.5. The van der Waals surface area contributed by atoms with Gasteiger partial charge in [0.2, 0.25) is 0 Å². The molecule has 0 unspecified atom stereocenters. The number of aromatic nitrogens is 1. The number of carboxylic acid groups (broad SMARTS) is 1. The molecule has 296 valence electrons. The number of piperidine rings is 1. The molecular formula is C43H47F3N4O6. The Morgan fingerprint density at radius 2 is 1.48 bits per heavy atom. The summed E-state index contributed by atoms with van der Waals surface area (Å²) in [5.74, 6) is -0.847. The zero-order chi connectivity index (χ0) is 40.1. The first kappa shape index (κ1) is 40.4. The summed E-state index contributed by atoms with van der Waals surface area (Å²) >= 11 is 0. The third kappa shape index (κ3) is 9.23. The first-order valence-electron chi connectivity index (χ1n) is 18.6. The largest absolute Gasteiger partial charge is 0.496 e. The Bertz CT molecular complexity index is 2110. The van der Waals surface area contributed by atoms with Crippen molar-refractivity contribution < 1.29 is 42.4 Å². The van der Waals surface area contributed by atoms with E-state index in [4.69, 9.17) is 9.47 Å². The molecule has 56 heavy (non-hydrogen) atoms. The number of hydrogen-bond donors (Lipinski definition) is 3. The molecule has 1 amide bonds. The Morgan fingerprint density at radius 1 is 0.857 bits per heavy atom. The number of halogens is 3. The molecule has 3 aromatic carbocycles. The van der Waals surface area contributed by atoms with E-state index >= 15 is 0 Å². The fourth-order valence-electron chi connectivity index (χ4n) is 7.57. The second-order valence-electron chi connectivity index (χ2n) is 14.5. The highest BCUT2D eigenvalue weighted by molar-refractivity contribution is 6.04. The summed E-state index contributed by atoms with van der Waals surface area (Å²) in [6, 6.07) is 15.3. The van der Waals surface area contributed by atoms with Crippen LogP contribution in [0.5, 0.6) is 11.5 Å². The highest BCUT2D eigenvalue weighted by Gasteiger charge is 2.34. The van der Waals surface area contributed by atoms with Gasteiger partial charge in [-0.05, 0) is 97.8 Å². The Balaban J connectivity index is 1.22. The number of nitrogens with one attached hydrogen (secondary N) is 1. The lowest BCUT2D eigenvalue weighted by Gasteiger charge is -2.30. The van der Waals surface area contributed by atoms with Gasteiger partial charge in [0.05, 0.1) is 31.8 Å². The van der Waals surface area contributed by atoms with Gasteiger partial charge >= 0.3 is 12.1 Å². The summed E-state index contributed by atoms with van der Waals surface area (Å²) in [4.78, 5) is 33.3. The van der Waals surface area contributed by atoms with Gasteiger partial charge in [-0.3, -0.25) is 24.4 Å². The number of hydrogen-bond acceptors (Lipinski definition) is 8. The number of benzene rings is 3. The van der Waals surface area contributed by atoms with Gasteiger partial charge in [0.1, 0.15) is 17.2 Å². The molecule has 0 saturated carbocycles. The van der Waals surface area contributed by atoms with Crippen LogP contribution in [-0.2, 0) is 24.1 Å². The minimum absolute atomic E-state index is 0.0403. The van der Waals surface area contributed by atoms with Crippen molar-refractivity contribution >= 4 is 29.7 Å². The number of amides is 1. The molecule has 1 aromatic heterocycles. The van der Waals surface area contributed by atoms with E-state index in [2.05, 4.69) is 15.2 Å². The predicted octanol–water partition coefficient (Wildman–Crippen LogP) is 7.69. The number of rotatable bonds is 12. The second-order valence-corrected chi connectivity index (χ2v) is 14.5. The van der Waals surface area contributed by atoms with Gasteiger partial charge in [-0.2, -0.15) is 13.2 Å². The number of anilines is 1. The van der Waals surface area contributed by atoms with E-state index in [0.717, 1.165) is 40.4 Å². The van der Waals surface area contributed by atoms with Crippen LogP contribution in [0, 0.1) is 19.8 Å². The van der Waals surface area contributed by atoms with Crippen molar-refractivity contribution in [1.29, 1.82) is 0 Å². The van der Waals surface area contributed by atoms with E-state index < -0.39 is 29.5 Å². The number of nitrogens with zero attached hydrogens (tertiary/aromatic N) is 3. The van der Waals surface area contributed by atoms with E-state index in [1.54, 1.807) is 31.5 Å². The lowest BCUT2D eigenvalue weighted by atomic mass is 9.92. The van der Waals surface area contributed by atoms with Crippen LogP contribution in [-0.4, -0.2) is 83.4 Å². The van der Waals surface area contributed by atoms with Crippen molar-refractivity contribution in [3.8, 4) is 22.6 Å². The summed E-state index contributed by atoms with van der Waals surface area (Å²) in [5, 5.41) is 22.2. The molecule has 0 radical (unpaired) electrons. The molecule has 2 aliphatic rings. The number of likely N-dealkylation sites (tertiary alicyclic amines) is 2. The average Bonchev–Trinajstić information content (AvgIpc) is 3.59. The number of methoxy groups -OCH3 is 2. The monoisotopic (exact) mass is 772 g/mol. The smallest absolute Gasteiger partial charge is 0.417 e. The number of carbonyl (C=O) groups is 2. The number of aliphatic hydroxyl groups excluding tert-OH is 1. The number of alkyl halides is 3. The number of carboxylic acids is 1. The van der Waals surface area contributed by atoms with Crippen LogP contribution in [0.2, 0.25) is 0 Å². The number of aliphatic hydroxyl groups is 1. The van der Waals surface area contributed by atoms with Gasteiger partial charge in [0.25, 0.3) is 5.91 Å². The first-order chi connectivity index (χ1) is 26.7. The fraction of sp³-hybridized carbons (Fsp3) is 0.372. The van der Waals surface area contributed by atoms with Gasteiger partial charge in [-0.1, -0.05) is 42.5 Å². The summed E-state index contributed by atoms with van der Waals surface area (Å²) in [6.45, 7) is 6.84. The van der Waals surface area contributed by atoms with Crippen molar-refractivity contribution in [3.05, 3.63) is 105 Å². The Morgan fingerprint density at radius 3 is 2.12 bits per heavy atom. The Kier molecular flexibility index (Phi) is 12.5. The summed E-state index contributed by atoms with van der Waals surface area (Å²) in [7, 11) is 2.97. The third-order valence-corrected chi connectivity index (χ3v) is 10.8. The van der Waals surface area contributed by atoms with Crippen LogP contribution in [0.1, 0.15) is 68.7 Å². The maximum Gasteiger partial charge on any atom is 0.417 e. The third-order valence-electron chi connectivity index (χ3n) is 10.8. The number of pyridine rings is 1. The van der Waals surface area contributed by atoms with Crippen LogP contribution in [0.3, 0.4) is 0 Å². The molecule has 0 bridgehead atoms. The highest BCUT2D eigenvalue weighted by atomic mass is 19.4. The molecule has 10 nitrogen and oxygen atoms in total. The molecule has 3 heterocycles. The Hall–Kier alpha value is -5.24. The molecule has 3 N–H and O–H groups in total. The topological polar surface area (TPSA) is 124 Å². The minimum Gasteiger partial charge on any atom is -0.496 e. The molecular weight excluding hydrogens is 725 g/mol. The first-order valence-corrected chi connectivity index (χ1v) is 18.6. The van der Waals surface area contributed by atoms with Crippen LogP contribution >= 0.6 is 0 Å². The van der Waals surface area contributed by atoms with Crippen LogP contribution in [0.4, 0.5) is 18.9 Å². The molecule has 4 aromatic rings. The molecule has 2 saturated heterocycles. The van der Waals surface area contributed by atoms with E-state index in [-0.39, 0.29) is 23.9 Å². The molecule has 2 fully saturated rings. The summed E-state index contributed by atoms with van der Waals surface area (Å²) in [5.41, 5.74) is 5.20. The number of β-amino-alcohol motifs (C(OH)–C–C–N with tert-alkyl or cyclic N) is 1. The molecule has 6 rings (SSSR count). The van der Waals surface area contributed by atoms with Crippen LogP contribution in [0.25, 0.3) is 23.3 Å². The average molecular weight is 773 g/mol. The molecule has 13 heteroatoms. The molecule has 0 aliphatic carbocycles. The summed E-state index contributed by atoms with van der Waals surface area (Å²) < 4.78 is 54.6. The van der Waals surface area contributed by atoms with Crippen molar-refractivity contribution in [1.82, 2.24) is 14.8 Å². The lowest BCUT2D eigenvalue weighted by molar-refractivity contribution is -0.143. The van der Waals surface area contributed by atoms with Gasteiger partial charge < -0.3 is 25.0 Å². The predicted molar refractivity (Wildman–Crippen MR) is 209 cm³/mol. The fourth-order valence-corrected chi connectivity index (χ4v) is 7.57. The van der Waals surface area contributed by atoms with Crippen molar-refractivity contribution in [2.24, 2.45) is 5.92 Å². The number of carbonyl (C=O) groups excluding carboxylic acids is 1. The quantitative estimate of drug-likeness (QED) is 0.124. The van der Waals surface area contributed by atoms with E-state index in [9.17, 15) is 33.0 Å². The summed E-state index contributed by atoms with van der Waals surface area (Å²) in [6.07, 6.45) is 1.35. The second kappa shape index (κ2) is 17.3. The van der Waals surface area contributed by atoms with Crippen molar-refractivity contribution in [2.75, 3.05) is 45.7 Å². The Labute approximate surface area is 324 Å². The minimum atomic E-state index is -4.63. The zero-order valence-electron chi connectivity index (χ0n) is 31.9. The number of aliphatic carboxylic acids is 1. The van der Waals surface area contributed by atoms with Crippen molar-refractivity contribution in [2.45, 2.75) is 58.5 Å². The standard InChI is InChI=1S/C43H47F3N4O6/c1-26-28(11-12-30-20-39(55-3)31(19-36(30)43(44,45)46)23-49-16-13-29(14-17-49)42(53)54)7-5-8-34(26)35-9-6-10-37(27(35)2)48-41(52)38-21-40(56-4)32(22-47-38)24-50-18-15-33(51)25-50/h5-12,19-22,29,33,51H,13-18,23-25H2,1-4H3,(H,48,52)(H,53,54)/b12-11+/t33-/m1/s1. The SMILES string of the molecule is COc1cc(/C=C/c2cccc(-c3cccc(NC(=O)c4cc(OC)c(CN5CC[C@@H](O)C5)cn4)c3C)c2C)c(C(F)(F)F)cc1CN1CCC(C(=O)O)CC1. The maximum absolute atomic E-state index is 14.5. The van der Waals surface area contributed by atoms with Gasteiger partial charge in [0, 0.05) is 55.3 Å². The van der Waals surface area contributed by atoms with Crippen LogP contribution in [0.15, 0.2) is 60.8 Å². The van der Waals surface area contributed by atoms with E-state index in [0.29, 0.717) is 73.8 Å². The van der Waals surface area contributed by atoms with E-state index in [1.807, 2.05) is 49.1 Å². The zero-order valence-corrected chi connectivity index (χ0v) is 31.9. The normalized spacial score (nSPS) is 17.0. The number of ether oxygens (including phenoxy) is 2. The van der Waals surface area contributed by atoms with E-state index in [1.165, 1.54) is 19.3 Å². The molecule has 1 atom stereocenters. The highest BCUT2D eigenvalue weighted by Crippen LogP contribution is 2.39. The molecule has 0 spiro atoms. The van der Waals surface area contributed by atoms with Gasteiger partial charge in [0.15, 0.2) is 0 Å². The van der Waals surface area contributed by atoms with Crippen LogP contribution < -0.4 is 14.8 Å². The van der Waals surface area contributed by atoms with Gasteiger partial charge in [-0.25, -0.2) is 0 Å². The van der Waals surface area contributed by atoms with Crippen molar-refractivity contribution in [3.63, 3.8) is 0 Å².